The van der Waals surface area contributed by atoms with Crippen molar-refractivity contribution in [3.8, 4) is 0 Å². The van der Waals surface area contributed by atoms with Gasteiger partial charge in [0.1, 0.15) is 11.9 Å². The number of amides is 1. The Kier molecular flexibility index (Phi) is 7.03. The topological polar surface area (TPSA) is 96.6 Å². The molecule has 3 aromatic rings. The van der Waals surface area contributed by atoms with Gasteiger partial charge in [-0.1, -0.05) is 35.3 Å². The van der Waals surface area contributed by atoms with E-state index >= 15 is 0 Å². The average Bonchev–Trinajstić information content (AvgIpc) is 3.06. The first kappa shape index (κ1) is 24.8. The molecule has 0 radical (unpaired) electrons. The van der Waals surface area contributed by atoms with E-state index in [1.165, 1.54) is 0 Å². The number of nitrogens with one attached hydrogen (secondary N) is 1. The molecule has 2 aromatic carbocycles. The molecule has 0 aliphatic carbocycles. The van der Waals surface area contributed by atoms with E-state index in [0.29, 0.717) is 29.0 Å². The van der Waals surface area contributed by atoms with Crippen molar-refractivity contribution < 1.29 is 9.53 Å². The van der Waals surface area contributed by atoms with Gasteiger partial charge in [0.15, 0.2) is 0 Å². The van der Waals surface area contributed by atoms with Gasteiger partial charge in [-0.2, -0.15) is 4.98 Å². The van der Waals surface area contributed by atoms with Crippen LogP contribution >= 0.6 is 23.2 Å². The van der Waals surface area contributed by atoms with Crippen LogP contribution in [0.3, 0.4) is 0 Å². The maximum absolute atomic E-state index is 13.6. The van der Waals surface area contributed by atoms with E-state index in [9.17, 15) is 4.79 Å². The lowest BCUT2D eigenvalue weighted by Gasteiger charge is -2.37. The normalized spacial score (nSPS) is 22.1. The number of morpholine rings is 1. The molecule has 1 saturated heterocycles. The molecule has 1 aromatic heterocycles. The van der Waals surface area contributed by atoms with E-state index in [0.717, 1.165) is 35.5 Å². The number of halogens is 2. The first-order valence-electron chi connectivity index (χ1n) is 11.9. The summed E-state index contributed by atoms with van der Waals surface area (Å²) in [4.78, 5) is 26.5. The molecule has 36 heavy (non-hydrogen) atoms. The summed E-state index contributed by atoms with van der Waals surface area (Å²) in [7, 11) is 0. The van der Waals surface area contributed by atoms with Gasteiger partial charge < -0.3 is 15.8 Å². The van der Waals surface area contributed by atoms with E-state index < -0.39 is 6.04 Å². The predicted octanol–water partition coefficient (Wildman–Crippen LogP) is 4.52. The maximum Gasteiger partial charge on any atom is 0.255 e. The molecular weight excluding hydrogens is 499 g/mol. The second kappa shape index (κ2) is 10.2. The number of nitrogens with two attached hydrogens (primary N) is 1. The molecule has 0 spiro atoms. The van der Waals surface area contributed by atoms with Crippen LogP contribution in [-0.2, 0) is 16.0 Å². The minimum absolute atomic E-state index is 0.0912. The molecule has 3 heterocycles. The van der Waals surface area contributed by atoms with Gasteiger partial charge in [0.2, 0.25) is 5.95 Å². The van der Waals surface area contributed by atoms with Crippen LogP contribution in [0.1, 0.15) is 36.6 Å². The van der Waals surface area contributed by atoms with Crippen molar-refractivity contribution >= 4 is 46.6 Å². The van der Waals surface area contributed by atoms with Crippen molar-refractivity contribution in [2.45, 2.75) is 38.5 Å². The second-order valence-electron chi connectivity index (χ2n) is 9.39. The third kappa shape index (κ3) is 5.27. The van der Waals surface area contributed by atoms with Crippen molar-refractivity contribution in [3.63, 3.8) is 0 Å². The first-order chi connectivity index (χ1) is 17.3. The van der Waals surface area contributed by atoms with Crippen LogP contribution in [0.2, 0.25) is 10.0 Å². The zero-order chi connectivity index (χ0) is 25.4. The van der Waals surface area contributed by atoms with Crippen molar-refractivity contribution in [2.75, 3.05) is 35.7 Å². The molecule has 3 N–H and O–H groups in total. The molecule has 1 amide bonds. The lowest BCUT2D eigenvalue weighted by molar-refractivity contribution is -0.120. The number of ether oxygens (including phenoxy) is 1. The van der Waals surface area contributed by atoms with Gasteiger partial charge in [-0.25, -0.2) is 4.98 Å². The number of fused-ring (bicyclic) bond motifs is 1. The Balaban J connectivity index is 1.35. The van der Waals surface area contributed by atoms with Gasteiger partial charge in [-0.05, 0) is 49.7 Å². The van der Waals surface area contributed by atoms with E-state index in [2.05, 4.69) is 20.2 Å². The Morgan fingerprint density at radius 2 is 1.78 bits per heavy atom. The maximum atomic E-state index is 13.6. The van der Waals surface area contributed by atoms with Crippen LogP contribution in [0.5, 0.6) is 0 Å². The summed E-state index contributed by atoms with van der Waals surface area (Å²) in [6.45, 7) is 6.07. The summed E-state index contributed by atoms with van der Waals surface area (Å²) in [5.74, 6) is 0.547. The molecule has 1 fully saturated rings. The molecule has 0 bridgehead atoms. The molecule has 2 aliphatic heterocycles. The first-order valence-corrected chi connectivity index (χ1v) is 12.6. The van der Waals surface area contributed by atoms with Crippen LogP contribution in [0.25, 0.3) is 0 Å². The van der Waals surface area contributed by atoms with Gasteiger partial charge in [0, 0.05) is 46.9 Å². The van der Waals surface area contributed by atoms with Gasteiger partial charge >= 0.3 is 0 Å². The van der Waals surface area contributed by atoms with Gasteiger partial charge in [0.05, 0.1) is 24.6 Å². The van der Waals surface area contributed by atoms with Crippen LogP contribution in [0.15, 0.2) is 48.7 Å². The SMILES string of the molecule is CC1CN(CN2C(=O)C(Nc3ncc(Cc4ccc(Cl)cc4)c(N)n3)c3cc(Cl)ccc32)CC(C)O1. The molecule has 0 saturated carbocycles. The summed E-state index contributed by atoms with van der Waals surface area (Å²) in [5, 5.41) is 4.42. The quantitative estimate of drug-likeness (QED) is 0.487. The number of carbonyl (C=O) groups excluding carboxylic acids is 1. The predicted molar refractivity (Wildman–Crippen MR) is 142 cm³/mol. The number of nitrogens with zero attached hydrogens (tertiary/aromatic N) is 4. The Morgan fingerprint density at radius 3 is 2.47 bits per heavy atom. The molecule has 188 valence electrons. The number of hydrogen-bond acceptors (Lipinski definition) is 7. The number of carbonyl (C=O) groups is 1. The van der Waals surface area contributed by atoms with Crippen LogP contribution in [-0.4, -0.2) is 52.7 Å². The number of anilines is 3. The number of hydrogen-bond donors (Lipinski definition) is 2. The zero-order valence-corrected chi connectivity index (χ0v) is 21.6. The van der Waals surface area contributed by atoms with Crippen molar-refractivity contribution in [1.29, 1.82) is 0 Å². The Bertz CT molecular complexity index is 1260. The lowest BCUT2D eigenvalue weighted by Crippen LogP contribution is -2.50. The average molecular weight is 527 g/mol. The zero-order valence-electron chi connectivity index (χ0n) is 20.1. The molecule has 2 aliphatic rings. The number of aromatic nitrogens is 2. The van der Waals surface area contributed by atoms with Gasteiger partial charge in [-0.15, -0.1) is 0 Å². The fourth-order valence-corrected chi connectivity index (χ4v) is 5.18. The third-order valence-corrected chi connectivity index (χ3v) is 6.91. The van der Waals surface area contributed by atoms with Crippen molar-refractivity contribution in [3.05, 3.63) is 75.4 Å². The van der Waals surface area contributed by atoms with E-state index in [4.69, 9.17) is 33.7 Å². The minimum atomic E-state index is -0.670. The van der Waals surface area contributed by atoms with E-state index in [1.807, 2.05) is 50.2 Å². The summed E-state index contributed by atoms with van der Waals surface area (Å²) in [6.07, 6.45) is 2.47. The fourth-order valence-electron chi connectivity index (χ4n) is 4.87. The molecule has 5 rings (SSSR count). The highest BCUT2D eigenvalue weighted by Crippen LogP contribution is 2.39. The Morgan fingerprint density at radius 1 is 1.08 bits per heavy atom. The second-order valence-corrected chi connectivity index (χ2v) is 10.3. The Hall–Kier alpha value is -2.91. The van der Waals surface area contributed by atoms with Crippen LogP contribution in [0.4, 0.5) is 17.5 Å². The van der Waals surface area contributed by atoms with Gasteiger partial charge in [0.25, 0.3) is 5.91 Å². The third-order valence-electron chi connectivity index (χ3n) is 6.42. The molecule has 3 unspecified atom stereocenters. The monoisotopic (exact) mass is 526 g/mol. The highest BCUT2D eigenvalue weighted by atomic mass is 35.5. The van der Waals surface area contributed by atoms with Crippen molar-refractivity contribution in [1.82, 2.24) is 14.9 Å². The van der Waals surface area contributed by atoms with E-state index in [1.54, 1.807) is 17.2 Å². The van der Waals surface area contributed by atoms with Crippen LogP contribution < -0.4 is 16.0 Å². The summed E-state index contributed by atoms with van der Waals surface area (Å²) in [6, 6.07) is 12.4. The highest BCUT2D eigenvalue weighted by molar-refractivity contribution is 6.31. The lowest BCUT2D eigenvalue weighted by atomic mass is 10.1. The molecule has 8 nitrogen and oxygen atoms in total. The summed E-state index contributed by atoms with van der Waals surface area (Å²) in [5.41, 5.74) is 9.70. The standard InChI is InChI=1S/C26H28Cl2N6O2/c1-15-12-33(13-16(2)36-15)14-34-22-8-7-20(28)10-21(22)23(25(34)35)31-26-30-11-18(24(29)32-26)9-17-3-5-19(27)6-4-17/h3-8,10-11,15-16,23H,9,12-14H2,1-2H3,(H3,29,30,31,32). The molecular formula is C26H28Cl2N6O2. The fraction of sp³-hybridized carbons (Fsp3) is 0.346. The largest absolute Gasteiger partial charge is 0.383 e. The summed E-state index contributed by atoms with van der Waals surface area (Å²) < 4.78 is 5.85. The smallest absolute Gasteiger partial charge is 0.255 e. The number of rotatable bonds is 6. The van der Waals surface area contributed by atoms with Gasteiger partial charge in [-0.3, -0.25) is 14.6 Å². The van der Waals surface area contributed by atoms with Crippen LogP contribution in [0, 0.1) is 0 Å². The highest BCUT2D eigenvalue weighted by Gasteiger charge is 2.39. The Labute approximate surface area is 220 Å². The molecule has 10 heteroatoms. The number of benzene rings is 2. The minimum Gasteiger partial charge on any atom is -0.383 e. The van der Waals surface area contributed by atoms with E-state index in [-0.39, 0.29) is 24.1 Å². The number of nitrogen functional groups attached to an aromatic ring is 1. The molecule has 3 atom stereocenters. The summed E-state index contributed by atoms with van der Waals surface area (Å²) >= 11 is 12.3. The van der Waals surface area contributed by atoms with Crippen molar-refractivity contribution in [2.24, 2.45) is 0 Å².